The summed E-state index contributed by atoms with van der Waals surface area (Å²) in [6, 6.07) is 4.02. The first-order chi connectivity index (χ1) is 10.5. The van der Waals surface area contributed by atoms with Crippen molar-refractivity contribution in [2.24, 2.45) is 0 Å². The zero-order valence-electron chi connectivity index (χ0n) is 11.7. The van der Waals surface area contributed by atoms with Crippen LogP contribution in [0, 0.1) is 5.82 Å². The Morgan fingerprint density at radius 1 is 1.36 bits per heavy atom. The number of nitrogens with two attached hydrogens (primary N) is 1. The number of aromatic nitrogens is 3. The van der Waals surface area contributed by atoms with E-state index in [0.29, 0.717) is 34.5 Å². The fraction of sp³-hybridized carbons (Fsp3) is 0.133. The molecule has 0 fully saturated rings. The molecular weight excluding hydrogens is 287 g/mol. The molecule has 0 spiro atoms. The van der Waals surface area contributed by atoms with Crippen molar-refractivity contribution in [2.75, 3.05) is 5.73 Å². The van der Waals surface area contributed by atoms with E-state index in [-0.39, 0.29) is 11.3 Å². The van der Waals surface area contributed by atoms with Gasteiger partial charge in [0.2, 0.25) is 0 Å². The Kier molecular flexibility index (Phi) is 3.25. The van der Waals surface area contributed by atoms with Crippen LogP contribution >= 0.6 is 0 Å². The molecule has 0 unspecified atom stereocenters. The number of halogens is 1. The molecule has 0 aliphatic heterocycles. The van der Waals surface area contributed by atoms with Gasteiger partial charge in [0.1, 0.15) is 17.3 Å². The van der Waals surface area contributed by atoms with E-state index >= 15 is 0 Å². The molecule has 0 bridgehead atoms. The number of carboxylic acids is 1. The maximum atomic E-state index is 13.6. The molecule has 7 heteroatoms. The van der Waals surface area contributed by atoms with Crippen molar-refractivity contribution >= 4 is 22.7 Å². The van der Waals surface area contributed by atoms with E-state index in [9.17, 15) is 14.3 Å². The van der Waals surface area contributed by atoms with Gasteiger partial charge in [-0.2, -0.15) is 0 Å². The smallest absolute Gasteiger partial charge is 0.338 e. The van der Waals surface area contributed by atoms with Crippen LogP contribution in [0.15, 0.2) is 24.4 Å². The lowest BCUT2D eigenvalue weighted by Crippen LogP contribution is -2.01. The Labute approximate surface area is 124 Å². The number of aromatic carboxylic acids is 1. The minimum absolute atomic E-state index is 0.0375. The maximum absolute atomic E-state index is 13.6. The summed E-state index contributed by atoms with van der Waals surface area (Å²) >= 11 is 0. The molecule has 3 aromatic rings. The van der Waals surface area contributed by atoms with Crippen molar-refractivity contribution < 1.29 is 14.3 Å². The molecule has 6 nitrogen and oxygen atoms in total. The second kappa shape index (κ2) is 5.10. The normalized spacial score (nSPS) is 11.0. The lowest BCUT2D eigenvalue weighted by molar-refractivity contribution is 0.0699. The van der Waals surface area contributed by atoms with Gasteiger partial charge >= 0.3 is 5.97 Å². The number of carbonyl (C=O) groups is 1. The summed E-state index contributed by atoms with van der Waals surface area (Å²) in [6.45, 7) is 1.88. The topological polar surface area (TPSA) is 105 Å². The minimum Gasteiger partial charge on any atom is -0.478 e. The van der Waals surface area contributed by atoms with Gasteiger partial charge in [-0.3, -0.25) is 0 Å². The molecule has 0 amide bonds. The van der Waals surface area contributed by atoms with E-state index in [1.54, 1.807) is 6.07 Å². The van der Waals surface area contributed by atoms with Crippen LogP contribution < -0.4 is 5.73 Å². The molecule has 0 radical (unpaired) electrons. The lowest BCUT2D eigenvalue weighted by Gasteiger charge is -2.07. The molecule has 2 heterocycles. The molecule has 112 valence electrons. The minimum atomic E-state index is -1.11. The number of anilines is 1. The Hall–Kier alpha value is -2.96. The first kappa shape index (κ1) is 14.0. The Morgan fingerprint density at radius 3 is 2.77 bits per heavy atom. The molecule has 1 aromatic carbocycles. The van der Waals surface area contributed by atoms with Crippen LogP contribution in [0.3, 0.4) is 0 Å². The van der Waals surface area contributed by atoms with E-state index < -0.39 is 11.8 Å². The highest BCUT2D eigenvalue weighted by molar-refractivity contribution is 6.07. The number of nitrogen functional groups attached to an aromatic ring is 1. The summed E-state index contributed by atoms with van der Waals surface area (Å²) in [5, 5.41) is 9.65. The molecule has 0 aliphatic carbocycles. The highest BCUT2D eigenvalue weighted by Gasteiger charge is 2.19. The average Bonchev–Trinajstić information content (AvgIpc) is 2.89. The van der Waals surface area contributed by atoms with Crippen LogP contribution in [-0.4, -0.2) is 26.0 Å². The van der Waals surface area contributed by atoms with Gasteiger partial charge in [-0.05, 0) is 18.2 Å². The van der Waals surface area contributed by atoms with Gasteiger partial charge in [-0.25, -0.2) is 19.2 Å². The summed E-state index contributed by atoms with van der Waals surface area (Å²) < 4.78 is 13.6. The van der Waals surface area contributed by atoms with Gasteiger partial charge in [0.05, 0.1) is 16.6 Å². The number of nitrogens with zero attached hydrogens (tertiary/aromatic N) is 2. The highest BCUT2D eigenvalue weighted by Crippen LogP contribution is 2.30. The van der Waals surface area contributed by atoms with Crippen molar-refractivity contribution in [3.63, 3.8) is 0 Å². The summed E-state index contributed by atoms with van der Waals surface area (Å²) in [4.78, 5) is 22.8. The van der Waals surface area contributed by atoms with Crippen molar-refractivity contribution in [1.29, 1.82) is 0 Å². The lowest BCUT2D eigenvalue weighted by atomic mass is 10.1. The van der Waals surface area contributed by atoms with E-state index in [1.165, 1.54) is 18.3 Å². The fourth-order valence-corrected chi connectivity index (χ4v) is 2.36. The summed E-state index contributed by atoms with van der Waals surface area (Å²) in [5.41, 5.74) is 7.13. The molecule has 3 rings (SSSR count). The molecule has 0 saturated carbocycles. The number of aromatic amines is 1. The van der Waals surface area contributed by atoms with Crippen molar-refractivity contribution in [3.8, 4) is 11.3 Å². The highest BCUT2D eigenvalue weighted by atomic mass is 19.1. The van der Waals surface area contributed by atoms with Gasteiger partial charge < -0.3 is 15.8 Å². The third kappa shape index (κ3) is 2.26. The second-order valence-electron chi connectivity index (χ2n) is 4.85. The molecular formula is C15H13FN4O2. The third-order valence-corrected chi connectivity index (χ3v) is 3.32. The van der Waals surface area contributed by atoms with Crippen LogP contribution in [0.2, 0.25) is 0 Å². The SMILES string of the molecule is CCc1nc(-c2cc(N)cc(F)c2)c2c(C(=O)O)c[nH]c2n1. The molecule has 0 aliphatic rings. The van der Waals surface area contributed by atoms with E-state index in [2.05, 4.69) is 15.0 Å². The molecule has 4 N–H and O–H groups in total. The van der Waals surface area contributed by atoms with Gasteiger partial charge in [0.15, 0.2) is 0 Å². The van der Waals surface area contributed by atoms with Crippen LogP contribution in [-0.2, 0) is 6.42 Å². The number of hydrogen-bond acceptors (Lipinski definition) is 4. The van der Waals surface area contributed by atoms with Crippen LogP contribution in [0.1, 0.15) is 23.1 Å². The monoisotopic (exact) mass is 300 g/mol. The van der Waals surface area contributed by atoms with Crippen LogP contribution in [0.5, 0.6) is 0 Å². The van der Waals surface area contributed by atoms with Gasteiger partial charge in [0.25, 0.3) is 0 Å². The van der Waals surface area contributed by atoms with E-state index in [1.807, 2.05) is 6.92 Å². The maximum Gasteiger partial charge on any atom is 0.338 e. The zero-order valence-corrected chi connectivity index (χ0v) is 11.7. The van der Waals surface area contributed by atoms with Crippen LogP contribution in [0.25, 0.3) is 22.3 Å². The predicted octanol–water partition coefficient (Wildman–Crippen LogP) is 2.61. The number of carboxylic acid groups (broad SMARTS) is 1. The Morgan fingerprint density at radius 2 is 2.14 bits per heavy atom. The van der Waals surface area contributed by atoms with Crippen molar-refractivity contribution in [3.05, 3.63) is 41.6 Å². The van der Waals surface area contributed by atoms with Crippen LogP contribution in [0.4, 0.5) is 10.1 Å². The van der Waals surface area contributed by atoms with Crippen molar-refractivity contribution in [2.45, 2.75) is 13.3 Å². The first-order valence-corrected chi connectivity index (χ1v) is 6.67. The quantitative estimate of drug-likeness (QED) is 0.645. The predicted molar refractivity (Wildman–Crippen MR) is 80.0 cm³/mol. The number of benzene rings is 1. The Balaban J connectivity index is 2.39. The fourth-order valence-electron chi connectivity index (χ4n) is 2.36. The van der Waals surface area contributed by atoms with Gasteiger partial charge in [-0.15, -0.1) is 0 Å². The number of fused-ring (bicyclic) bond motifs is 1. The zero-order chi connectivity index (χ0) is 15.9. The number of aryl methyl sites for hydroxylation is 1. The number of nitrogens with one attached hydrogen (secondary N) is 1. The number of H-pyrrole nitrogens is 1. The van der Waals surface area contributed by atoms with Gasteiger partial charge in [0, 0.05) is 23.9 Å². The third-order valence-electron chi connectivity index (χ3n) is 3.32. The van der Waals surface area contributed by atoms with E-state index in [0.717, 1.165) is 0 Å². The van der Waals surface area contributed by atoms with E-state index in [4.69, 9.17) is 5.73 Å². The molecule has 2 aromatic heterocycles. The molecule has 22 heavy (non-hydrogen) atoms. The summed E-state index contributed by atoms with van der Waals surface area (Å²) in [7, 11) is 0. The van der Waals surface area contributed by atoms with Crippen molar-refractivity contribution in [1.82, 2.24) is 15.0 Å². The largest absolute Gasteiger partial charge is 0.478 e. The second-order valence-corrected chi connectivity index (χ2v) is 4.85. The summed E-state index contributed by atoms with van der Waals surface area (Å²) in [5.74, 6) is -1.08. The Bertz CT molecular complexity index is 868. The van der Waals surface area contributed by atoms with Gasteiger partial charge in [-0.1, -0.05) is 6.92 Å². The number of rotatable bonds is 3. The summed E-state index contributed by atoms with van der Waals surface area (Å²) in [6.07, 6.45) is 1.92. The molecule has 0 atom stereocenters. The molecule has 0 saturated heterocycles. The standard InChI is InChI=1S/C15H13FN4O2/c1-2-11-19-13(7-3-8(16)5-9(17)4-7)12-10(15(21)22)6-18-14(12)20-11/h3-6H,2,17H2,1H3,(H,21,22)(H,18,19,20). The average molecular weight is 300 g/mol. The number of hydrogen-bond donors (Lipinski definition) is 3. The first-order valence-electron chi connectivity index (χ1n) is 6.67.